The zero-order chi connectivity index (χ0) is 23.4. The van der Waals surface area contributed by atoms with Crippen LogP contribution in [0, 0.1) is 18.3 Å². The second-order valence-electron chi connectivity index (χ2n) is 7.78. The molecule has 1 aromatic rings. The summed E-state index contributed by atoms with van der Waals surface area (Å²) in [5.74, 6) is -0.453. The average molecular weight is 475 g/mol. The van der Waals surface area contributed by atoms with E-state index in [-0.39, 0.29) is 30.0 Å². The van der Waals surface area contributed by atoms with Gasteiger partial charge in [-0.25, -0.2) is 0 Å². The maximum Gasteiger partial charge on any atom is 0.303 e. The summed E-state index contributed by atoms with van der Waals surface area (Å²) in [6, 6.07) is 2.04. The maximum atomic E-state index is 13.0. The second-order valence-corrected chi connectivity index (χ2v) is 9.45. The third-order valence-corrected chi connectivity index (χ3v) is 7.12. The van der Waals surface area contributed by atoms with Gasteiger partial charge in [0.25, 0.3) is 11.5 Å². The lowest BCUT2D eigenvalue weighted by molar-refractivity contribution is -0.137. The predicted molar refractivity (Wildman–Crippen MR) is 129 cm³/mol. The van der Waals surface area contributed by atoms with E-state index < -0.39 is 5.97 Å². The fraction of sp³-hybridized carbons (Fsp3) is 0.500. The van der Waals surface area contributed by atoms with Gasteiger partial charge in [0.15, 0.2) is 0 Å². The molecule has 0 saturated carbocycles. The molecule has 0 radical (unpaired) electrons. The van der Waals surface area contributed by atoms with Crippen molar-refractivity contribution < 1.29 is 14.7 Å². The first kappa shape index (κ1) is 24.0. The topological polar surface area (TPSA) is 107 Å². The van der Waals surface area contributed by atoms with Crippen LogP contribution in [0.5, 0.6) is 0 Å². The highest BCUT2D eigenvalue weighted by Gasteiger charge is 2.33. The number of carboxylic acids is 1. The molecule has 3 heterocycles. The maximum absolute atomic E-state index is 13.0. The third-order valence-electron chi connectivity index (χ3n) is 5.74. The Balaban J connectivity index is 2.08. The standard InChI is InChI=1S/C22H26N4O4S2/c1-3-25-19(24-9-5-4-6-10-24)15(14(2)16(13-23)20(25)29)12-17-21(30)26(22(31)32-17)11-7-8-18(27)28/h12H,3-11H2,1-2H3,(H,27,28)/b17-12+. The van der Waals surface area contributed by atoms with Crippen LogP contribution < -0.4 is 10.5 Å². The number of carbonyl (C=O) groups is 2. The van der Waals surface area contributed by atoms with Gasteiger partial charge in [-0.1, -0.05) is 24.0 Å². The van der Waals surface area contributed by atoms with Gasteiger partial charge in [0.05, 0.1) is 4.91 Å². The lowest BCUT2D eigenvalue weighted by atomic mass is 10.0. The van der Waals surface area contributed by atoms with E-state index in [2.05, 4.69) is 4.90 Å². The number of amides is 1. The number of carbonyl (C=O) groups excluding carboxylic acids is 1. The van der Waals surface area contributed by atoms with E-state index in [4.69, 9.17) is 17.3 Å². The highest BCUT2D eigenvalue weighted by Crippen LogP contribution is 2.36. The Morgan fingerprint density at radius 3 is 2.56 bits per heavy atom. The molecule has 170 valence electrons. The first-order chi connectivity index (χ1) is 15.3. The van der Waals surface area contributed by atoms with E-state index in [0.29, 0.717) is 33.3 Å². The van der Waals surface area contributed by atoms with Crippen LogP contribution in [-0.2, 0) is 16.1 Å². The van der Waals surface area contributed by atoms with Crippen molar-refractivity contribution in [1.82, 2.24) is 9.47 Å². The molecule has 2 saturated heterocycles. The molecule has 0 spiro atoms. The van der Waals surface area contributed by atoms with E-state index in [1.807, 2.05) is 13.0 Å². The molecular formula is C22H26N4O4S2. The monoisotopic (exact) mass is 474 g/mol. The van der Waals surface area contributed by atoms with Gasteiger partial charge in [-0.3, -0.25) is 23.9 Å². The number of hydrogen-bond donors (Lipinski definition) is 1. The molecule has 2 aliphatic rings. The first-order valence-corrected chi connectivity index (χ1v) is 11.9. The lowest BCUT2D eigenvalue weighted by Gasteiger charge is -2.33. The molecule has 0 aliphatic carbocycles. The van der Waals surface area contributed by atoms with Crippen LogP contribution in [-0.4, -0.2) is 50.4 Å². The Morgan fingerprint density at radius 2 is 1.97 bits per heavy atom. The molecule has 2 fully saturated rings. The summed E-state index contributed by atoms with van der Waals surface area (Å²) < 4.78 is 2.00. The zero-order valence-corrected chi connectivity index (χ0v) is 19.9. The number of hydrogen-bond acceptors (Lipinski definition) is 7. The van der Waals surface area contributed by atoms with Gasteiger partial charge in [-0.2, -0.15) is 5.26 Å². The van der Waals surface area contributed by atoms with Crippen molar-refractivity contribution in [2.75, 3.05) is 24.5 Å². The largest absolute Gasteiger partial charge is 0.481 e. The molecule has 1 amide bonds. The van der Waals surface area contributed by atoms with Crippen LogP contribution in [0.3, 0.4) is 0 Å². The van der Waals surface area contributed by atoms with Crippen molar-refractivity contribution in [2.24, 2.45) is 0 Å². The predicted octanol–water partition coefficient (Wildman–Crippen LogP) is 3.10. The summed E-state index contributed by atoms with van der Waals surface area (Å²) in [6.07, 6.45) is 5.17. The van der Waals surface area contributed by atoms with Gasteiger partial charge in [-0.15, -0.1) is 0 Å². The molecule has 2 aliphatic heterocycles. The zero-order valence-electron chi connectivity index (χ0n) is 18.2. The summed E-state index contributed by atoms with van der Waals surface area (Å²) in [5.41, 5.74) is 1.01. The molecular weight excluding hydrogens is 448 g/mol. The smallest absolute Gasteiger partial charge is 0.303 e. The van der Waals surface area contributed by atoms with Crippen LogP contribution in [0.15, 0.2) is 9.70 Å². The van der Waals surface area contributed by atoms with Gasteiger partial charge >= 0.3 is 5.97 Å². The summed E-state index contributed by atoms with van der Waals surface area (Å²) in [4.78, 5) is 40.8. The van der Waals surface area contributed by atoms with Gasteiger partial charge in [0.2, 0.25) is 0 Å². The number of thiocarbonyl (C=S) groups is 1. The van der Waals surface area contributed by atoms with Gasteiger partial charge in [0, 0.05) is 38.2 Å². The summed E-state index contributed by atoms with van der Waals surface area (Å²) in [7, 11) is 0. The molecule has 32 heavy (non-hydrogen) atoms. The Labute approximate surface area is 196 Å². The number of carboxylic acid groups (broad SMARTS) is 1. The van der Waals surface area contributed by atoms with Crippen molar-refractivity contribution in [3.05, 3.63) is 31.9 Å². The van der Waals surface area contributed by atoms with E-state index in [1.165, 1.54) is 4.90 Å². The van der Waals surface area contributed by atoms with Crippen LogP contribution in [0.4, 0.5) is 5.82 Å². The minimum atomic E-state index is -0.918. The summed E-state index contributed by atoms with van der Waals surface area (Å²) >= 11 is 6.52. The number of aromatic nitrogens is 1. The van der Waals surface area contributed by atoms with Crippen molar-refractivity contribution >= 4 is 52.1 Å². The second kappa shape index (κ2) is 10.3. The fourth-order valence-electron chi connectivity index (χ4n) is 4.10. The normalized spacial score (nSPS) is 17.8. The van der Waals surface area contributed by atoms with E-state index in [1.54, 1.807) is 17.6 Å². The minimum Gasteiger partial charge on any atom is -0.481 e. The van der Waals surface area contributed by atoms with Crippen LogP contribution >= 0.6 is 24.0 Å². The Kier molecular flexibility index (Phi) is 7.74. The van der Waals surface area contributed by atoms with E-state index in [0.717, 1.165) is 49.9 Å². The van der Waals surface area contributed by atoms with E-state index >= 15 is 0 Å². The lowest BCUT2D eigenvalue weighted by Crippen LogP contribution is -2.37. The molecule has 8 nitrogen and oxygen atoms in total. The molecule has 1 aromatic heterocycles. The minimum absolute atomic E-state index is 0.0404. The molecule has 10 heteroatoms. The quantitative estimate of drug-likeness (QED) is 0.475. The fourth-order valence-corrected chi connectivity index (χ4v) is 5.39. The molecule has 1 N–H and O–H groups in total. The van der Waals surface area contributed by atoms with Crippen LogP contribution in [0.2, 0.25) is 0 Å². The number of nitriles is 1. The number of piperidine rings is 1. The molecule has 0 bridgehead atoms. The molecule has 0 aromatic carbocycles. The number of nitrogens with zero attached hydrogens (tertiary/aromatic N) is 4. The van der Waals surface area contributed by atoms with Gasteiger partial charge < -0.3 is 10.0 Å². The Bertz CT molecular complexity index is 1080. The van der Waals surface area contributed by atoms with Crippen molar-refractivity contribution in [1.29, 1.82) is 5.26 Å². The molecule has 0 atom stereocenters. The number of aliphatic carboxylic acids is 1. The van der Waals surface area contributed by atoms with Gasteiger partial charge in [0.1, 0.15) is 21.8 Å². The van der Waals surface area contributed by atoms with E-state index in [9.17, 15) is 19.6 Å². The number of anilines is 1. The highest BCUT2D eigenvalue weighted by atomic mass is 32.2. The third kappa shape index (κ3) is 4.74. The summed E-state index contributed by atoms with van der Waals surface area (Å²) in [5, 5.41) is 18.5. The Hall–Kier alpha value is -2.64. The molecule has 3 rings (SSSR count). The van der Waals surface area contributed by atoms with Crippen LogP contribution in [0.1, 0.15) is 55.7 Å². The van der Waals surface area contributed by atoms with Gasteiger partial charge in [-0.05, 0) is 51.2 Å². The number of rotatable bonds is 7. The van der Waals surface area contributed by atoms with Crippen molar-refractivity contribution in [2.45, 2.75) is 52.5 Å². The summed E-state index contributed by atoms with van der Waals surface area (Å²) in [6.45, 7) is 5.88. The van der Waals surface area contributed by atoms with Crippen molar-refractivity contribution in [3.63, 3.8) is 0 Å². The average Bonchev–Trinajstić information content (AvgIpc) is 3.03. The SMILES string of the molecule is CCn1c(N2CCCCC2)c(/C=C2/SC(=S)N(CCCC(=O)O)C2=O)c(C)c(C#N)c1=O. The molecule has 0 unspecified atom stereocenters. The number of pyridine rings is 1. The highest BCUT2D eigenvalue weighted by molar-refractivity contribution is 8.26. The Morgan fingerprint density at radius 1 is 1.28 bits per heavy atom. The first-order valence-electron chi connectivity index (χ1n) is 10.7. The van der Waals surface area contributed by atoms with Crippen molar-refractivity contribution in [3.8, 4) is 6.07 Å². The number of thioether (sulfide) groups is 1. The van der Waals surface area contributed by atoms with Crippen LogP contribution in [0.25, 0.3) is 6.08 Å².